The summed E-state index contributed by atoms with van der Waals surface area (Å²) in [5, 5.41) is 6.65. The van der Waals surface area contributed by atoms with Gasteiger partial charge in [-0.05, 0) is 43.2 Å². The van der Waals surface area contributed by atoms with Gasteiger partial charge in [-0.3, -0.25) is 9.59 Å². The van der Waals surface area contributed by atoms with E-state index in [-0.39, 0.29) is 12.2 Å². The van der Waals surface area contributed by atoms with Crippen LogP contribution in [0.15, 0.2) is 59.4 Å². The molecule has 0 saturated heterocycles. The quantitative estimate of drug-likeness (QED) is 0.648. The third kappa shape index (κ3) is 5.11. The Labute approximate surface area is 176 Å². The molecule has 0 aliphatic carbocycles. The van der Waals surface area contributed by atoms with E-state index in [1.54, 1.807) is 13.2 Å². The van der Waals surface area contributed by atoms with Crippen molar-refractivity contribution in [3.8, 4) is 11.4 Å². The Hall–Kier alpha value is -3.62. The number of nitrogens with one attached hydrogen (secondary N) is 1. The predicted molar refractivity (Wildman–Crippen MR) is 109 cm³/mol. The van der Waals surface area contributed by atoms with E-state index in [1.165, 1.54) is 25.1 Å². The van der Waals surface area contributed by atoms with Gasteiger partial charge in [-0.15, -0.1) is 0 Å². The number of aromatic nitrogens is 2. The zero-order valence-electron chi connectivity index (χ0n) is 16.9. The smallest absolute Gasteiger partial charge is 0.416 e. The lowest BCUT2D eigenvalue weighted by Gasteiger charge is -2.14. The van der Waals surface area contributed by atoms with Gasteiger partial charge in [0.05, 0.1) is 18.4 Å². The Morgan fingerprint density at radius 1 is 1.13 bits per heavy atom. The highest BCUT2D eigenvalue weighted by molar-refractivity contribution is 5.92. The van der Waals surface area contributed by atoms with Crippen molar-refractivity contribution in [2.45, 2.75) is 19.5 Å². The van der Waals surface area contributed by atoms with Crippen LogP contribution in [0.3, 0.4) is 0 Å². The van der Waals surface area contributed by atoms with Crippen LogP contribution in [0.1, 0.15) is 27.3 Å². The van der Waals surface area contributed by atoms with Gasteiger partial charge < -0.3 is 10.1 Å². The minimum atomic E-state index is -4.53. The number of carbonyl (C=O) groups is 1. The van der Waals surface area contributed by atoms with Gasteiger partial charge in [-0.25, -0.2) is 4.68 Å². The maximum atomic E-state index is 13.0. The van der Waals surface area contributed by atoms with Gasteiger partial charge in [0.2, 0.25) is 5.43 Å². The summed E-state index contributed by atoms with van der Waals surface area (Å²) in [6, 6.07) is 13.0. The molecule has 0 atom stereocenters. The Bertz CT molecular complexity index is 1160. The second-order valence-electron chi connectivity index (χ2n) is 6.78. The number of hydrogen-bond acceptors (Lipinski definition) is 4. The van der Waals surface area contributed by atoms with Crippen molar-refractivity contribution < 1.29 is 22.7 Å². The molecule has 31 heavy (non-hydrogen) atoms. The van der Waals surface area contributed by atoms with E-state index in [0.717, 1.165) is 22.4 Å². The van der Waals surface area contributed by atoms with Crippen LogP contribution in [0.25, 0.3) is 5.69 Å². The number of rotatable bonds is 6. The van der Waals surface area contributed by atoms with Gasteiger partial charge in [-0.2, -0.15) is 18.3 Å². The minimum absolute atomic E-state index is 0.0930. The van der Waals surface area contributed by atoms with E-state index in [4.69, 9.17) is 4.74 Å². The normalized spacial score (nSPS) is 11.3. The molecule has 0 fully saturated rings. The molecular weight excluding hydrogens is 411 g/mol. The number of aryl methyl sites for hydroxylation is 1. The molecule has 1 aromatic heterocycles. The van der Waals surface area contributed by atoms with Gasteiger partial charge in [0.1, 0.15) is 5.75 Å². The molecule has 0 bridgehead atoms. The van der Waals surface area contributed by atoms with Crippen molar-refractivity contribution in [3.63, 3.8) is 0 Å². The summed E-state index contributed by atoms with van der Waals surface area (Å²) in [5.74, 6) is -0.0299. The first kappa shape index (κ1) is 22.1. The summed E-state index contributed by atoms with van der Waals surface area (Å²) >= 11 is 0. The molecule has 0 radical (unpaired) electrons. The van der Waals surface area contributed by atoms with Crippen LogP contribution in [0.4, 0.5) is 13.2 Å². The summed E-state index contributed by atoms with van der Waals surface area (Å²) in [6.45, 7) is 1.75. The molecule has 0 saturated carbocycles. The first-order chi connectivity index (χ1) is 14.7. The second kappa shape index (κ2) is 9.03. The van der Waals surface area contributed by atoms with Crippen LogP contribution in [0, 0.1) is 6.92 Å². The lowest BCUT2D eigenvalue weighted by molar-refractivity contribution is -0.137. The molecule has 2 aromatic carbocycles. The number of hydrogen-bond donors (Lipinski definition) is 1. The van der Waals surface area contributed by atoms with E-state index in [0.29, 0.717) is 17.9 Å². The summed E-state index contributed by atoms with van der Waals surface area (Å²) in [5.41, 5.74) is -0.597. The Balaban J connectivity index is 1.82. The van der Waals surface area contributed by atoms with Crippen molar-refractivity contribution in [1.82, 2.24) is 15.1 Å². The molecule has 0 unspecified atom stereocenters. The monoisotopic (exact) mass is 431 g/mol. The number of benzene rings is 2. The number of ether oxygens (including phenoxy) is 1. The van der Waals surface area contributed by atoms with Gasteiger partial charge in [0.15, 0.2) is 5.69 Å². The molecule has 1 heterocycles. The number of amides is 1. The number of halogens is 3. The summed E-state index contributed by atoms with van der Waals surface area (Å²) < 4.78 is 45.5. The number of carbonyl (C=O) groups excluding carboxylic acids is 1. The fraction of sp³-hybridized carbons (Fsp3) is 0.227. The zero-order chi connectivity index (χ0) is 22.6. The number of alkyl halides is 3. The number of para-hydroxylation sites is 1. The molecule has 6 nitrogen and oxygen atoms in total. The van der Waals surface area contributed by atoms with E-state index in [9.17, 15) is 22.8 Å². The molecule has 0 aliphatic rings. The van der Waals surface area contributed by atoms with E-state index in [2.05, 4.69) is 10.4 Å². The van der Waals surface area contributed by atoms with Gasteiger partial charge in [0, 0.05) is 18.3 Å². The Morgan fingerprint density at radius 3 is 2.58 bits per heavy atom. The maximum Gasteiger partial charge on any atom is 0.416 e. The van der Waals surface area contributed by atoms with Crippen molar-refractivity contribution >= 4 is 5.91 Å². The highest BCUT2D eigenvalue weighted by atomic mass is 19.4. The van der Waals surface area contributed by atoms with Crippen LogP contribution < -0.4 is 15.5 Å². The molecular formula is C22H20F3N3O3. The van der Waals surface area contributed by atoms with Crippen LogP contribution >= 0.6 is 0 Å². The van der Waals surface area contributed by atoms with E-state index < -0.39 is 28.8 Å². The van der Waals surface area contributed by atoms with E-state index in [1.807, 2.05) is 18.2 Å². The molecule has 162 valence electrons. The Morgan fingerprint density at radius 2 is 1.87 bits per heavy atom. The topological polar surface area (TPSA) is 73.2 Å². The van der Waals surface area contributed by atoms with Crippen molar-refractivity contribution in [2.24, 2.45) is 0 Å². The van der Waals surface area contributed by atoms with Crippen molar-refractivity contribution in [1.29, 1.82) is 0 Å². The zero-order valence-corrected chi connectivity index (χ0v) is 16.9. The van der Waals surface area contributed by atoms with Gasteiger partial charge >= 0.3 is 6.18 Å². The van der Waals surface area contributed by atoms with Crippen molar-refractivity contribution in [2.75, 3.05) is 13.7 Å². The number of nitrogens with zero attached hydrogens (tertiary/aromatic N) is 2. The molecule has 1 N–H and O–H groups in total. The third-order valence-electron chi connectivity index (χ3n) is 4.61. The molecule has 3 aromatic rings. The van der Waals surface area contributed by atoms with E-state index >= 15 is 0 Å². The fourth-order valence-corrected chi connectivity index (χ4v) is 3.08. The number of methoxy groups -OCH3 is 1. The molecule has 9 heteroatoms. The lowest BCUT2D eigenvalue weighted by atomic mass is 10.1. The highest BCUT2D eigenvalue weighted by Gasteiger charge is 2.30. The van der Waals surface area contributed by atoms with Gasteiger partial charge in [0.25, 0.3) is 5.91 Å². The molecule has 0 aliphatic heterocycles. The third-order valence-corrected chi connectivity index (χ3v) is 4.61. The SMILES string of the molecule is COc1ccccc1CCNC(=O)c1nn(-c2cccc(C(F)(F)F)c2)c(C)cc1=O. The predicted octanol–water partition coefficient (Wildman–Crippen LogP) is 3.54. The first-order valence-corrected chi connectivity index (χ1v) is 9.39. The Kier molecular flexibility index (Phi) is 6.43. The second-order valence-corrected chi connectivity index (χ2v) is 6.78. The summed E-state index contributed by atoms with van der Waals surface area (Å²) in [7, 11) is 1.55. The standard InChI is InChI=1S/C22H20F3N3O3/c1-14-12-18(29)20(21(30)26-11-10-15-6-3-4-9-19(15)31-2)27-28(14)17-8-5-7-16(13-17)22(23,24)25/h3-9,12-13H,10-11H2,1-2H3,(H,26,30). The minimum Gasteiger partial charge on any atom is -0.496 e. The fourth-order valence-electron chi connectivity index (χ4n) is 3.08. The van der Waals surface area contributed by atoms with Crippen LogP contribution in [-0.2, 0) is 12.6 Å². The summed E-state index contributed by atoms with van der Waals surface area (Å²) in [4.78, 5) is 24.8. The highest BCUT2D eigenvalue weighted by Crippen LogP contribution is 2.30. The lowest BCUT2D eigenvalue weighted by Crippen LogP contribution is -2.33. The van der Waals surface area contributed by atoms with Crippen molar-refractivity contribution in [3.05, 3.63) is 87.3 Å². The maximum absolute atomic E-state index is 13.0. The first-order valence-electron chi connectivity index (χ1n) is 9.39. The van der Waals surface area contributed by atoms with Gasteiger partial charge in [-0.1, -0.05) is 24.3 Å². The largest absolute Gasteiger partial charge is 0.496 e. The average Bonchev–Trinajstić information content (AvgIpc) is 2.73. The average molecular weight is 431 g/mol. The molecule has 1 amide bonds. The van der Waals surface area contributed by atoms with Crippen LogP contribution in [0.5, 0.6) is 5.75 Å². The van der Waals surface area contributed by atoms with Crippen LogP contribution in [0.2, 0.25) is 0 Å². The summed E-state index contributed by atoms with van der Waals surface area (Å²) in [6.07, 6.45) is -4.06. The molecule has 0 spiro atoms. The van der Waals surface area contributed by atoms with Crippen LogP contribution in [-0.4, -0.2) is 29.3 Å². The molecule has 3 rings (SSSR count).